The average Bonchev–Trinajstić information content (AvgIpc) is 2.81. The van der Waals surface area contributed by atoms with E-state index in [0.717, 1.165) is 35.0 Å². The second kappa shape index (κ2) is 14.5. The number of hydrogen-bond acceptors (Lipinski definition) is 5. The van der Waals surface area contributed by atoms with Gasteiger partial charge in [0.25, 0.3) is 0 Å². The molecule has 0 aromatic heterocycles. The van der Waals surface area contributed by atoms with E-state index in [1.54, 1.807) is 6.92 Å². The average molecular weight is 506 g/mol. The van der Waals surface area contributed by atoms with Crippen LogP contribution in [0.3, 0.4) is 0 Å². The third-order valence-corrected chi connectivity index (χ3v) is 5.38. The number of benzene rings is 2. The summed E-state index contributed by atoms with van der Waals surface area (Å²) in [6.07, 6.45) is 1.43. The van der Waals surface area contributed by atoms with Gasteiger partial charge >= 0.3 is 12.1 Å². The van der Waals surface area contributed by atoms with Gasteiger partial charge in [0.05, 0.1) is 13.2 Å². The quantitative estimate of drug-likeness (QED) is 0.208. The normalized spacial score (nSPS) is 11.5. The van der Waals surface area contributed by atoms with E-state index in [2.05, 4.69) is 15.9 Å². The number of nitrogens with zero attached hydrogens (tertiary/aromatic N) is 1. The van der Waals surface area contributed by atoms with E-state index in [1.807, 2.05) is 61.5 Å². The van der Waals surface area contributed by atoms with E-state index >= 15 is 0 Å². The number of carbonyl (C=O) groups is 2. The predicted octanol–water partition coefficient (Wildman–Crippen LogP) is 5.37. The first-order valence-corrected chi connectivity index (χ1v) is 12.1. The van der Waals surface area contributed by atoms with Crippen molar-refractivity contribution >= 4 is 28.0 Å². The number of unbranched alkanes of at least 4 members (excludes halogenated alkanes) is 1. The summed E-state index contributed by atoms with van der Waals surface area (Å²) in [7, 11) is 0. The first-order chi connectivity index (χ1) is 15.6. The summed E-state index contributed by atoms with van der Waals surface area (Å²) in [6.45, 7) is 5.06. The first-order valence-electron chi connectivity index (χ1n) is 11.0. The van der Waals surface area contributed by atoms with Gasteiger partial charge in [-0.15, -0.1) is 0 Å². The molecular formula is C25H32BrNO5. The van der Waals surface area contributed by atoms with Gasteiger partial charge in [0.2, 0.25) is 0 Å². The van der Waals surface area contributed by atoms with Crippen LogP contribution in [0.4, 0.5) is 4.79 Å². The van der Waals surface area contributed by atoms with E-state index in [4.69, 9.17) is 14.2 Å². The maximum absolute atomic E-state index is 13.1. The molecule has 0 aliphatic heterocycles. The molecule has 0 N–H and O–H groups in total. The lowest BCUT2D eigenvalue weighted by atomic mass is 10.0. The fraction of sp³-hybridized carbons (Fsp3) is 0.440. The molecule has 2 aromatic rings. The zero-order chi connectivity index (χ0) is 23.2. The maximum atomic E-state index is 13.1. The molecule has 0 bridgehead atoms. The number of rotatable bonds is 13. The van der Waals surface area contributed by atoms with E-state index < -0.39 is 18.1 Å². The fourth-order valence-corrected chi connectivity index (χ4v) is 3.62. The molecule has 2 aromatic carbocycles. The smallest absolute Gasteiger partial charge is 0.410 e. The monoisotopic (exact) mass is 505 g/mol. The molecule has 2 rings (SSSR count). The fourth-order valence-electron chi connectivity index (χ4n) is 3.22. The molecular weight excluding hydrogens is 474 g/mol. The molecule has 0 unspecified atom stereocenters. The first kappa shape index (κ1) is 25.7. The number of carbonyl (C=O) groups excluding carboxylic acids is 2. The van der Waals surface area contributed by atoms with Gasteiger partial charge in [-0.2, -0.15) is 0 Å². The van der Waals surface area contributed by atoms with E-state index in [1.165, 1.54) is 4.90 Å². The van der Waals surface area contributed by atoms with Crippen LogP contribution in [-0.4, -0.2) is 48.1 Å². The molecule has 0 aliphatic carbocycles. The Bertz CT molecular complexity index is 813. The van der Waals surface area contributed by atoms with Crippen LogP contribution in [0, 0.1) is 0 Å². The second-order valence-corrected chi connectivity index (χ2v) is 7.97. The van der Waals surface area contributed by atoms with Gasteiger partial charge in [-0.1, -0.05) is 58.4 Å². The Balaban J connectivity index is 2.20. The minimum absolute atomic E-state index is 0.146. The Kier molecular flexibility index (Phi) is 11.7. The van der Waals surface area contributed by atoms with E-state index in [-0.39, 0.29) is 13.2 Å². The van der Waals surface area contributed by atoms with E-state index in [0.29, 0.717) is 19.6 Å². The Morgan fingerprint density at radius 2 is 1.62 bits per heavy atom. The van der Waals surface area contributed by atoms with E-state index in [9.17, 15) is 9.59 Å². The van der Waals surface area contributed by atoms with Gasteiger partial charge in [-0.25, -0.2) is 9.59 Å². The molecule has 1 atom stereocenters. The van der Waals surface area contributed by atoms with Crippen LogP contribution in [0.25, 0.3) is 0 Å². The molecule has 0 spiro atoms. The molecule has 6 nitrogen and oxygen atoms in total. The Morgan fingerprint density at radius 3 is 2.25 bits per heavy atom. The summed E-state index contributed by atoms with van der Waals surface area (Å²) in [5.41, 5.74) is 1.80. The van der Waals surface area contributed by atoms with Crippen molar-refractivity contribution in [2.75, 3.05) is 25.1 Å². The molecule has 0 saturated carbocycles. The number of halogens is 1. The van der Waals surface area contributed by atoms with Crippen LogP contribution in [0.1, 0.15) is 37.8 Å². The second-order valence-electron chi connectivity index (χ2n) is 7.18. The lowest BCUT2D eigenvalue weighted by Gasteiger charge is -2.29. The molecule has 174 valence electrons. The minimum Gasteiger partial charge on any atom is -0.494 e. The summed E-state index contributed by atoms with van der Waals surface area (Å²) in [5, 5.41) is 0.822. The summed E-state index contributed by atoms with van der Waals surface area (Å²) in [4.78, 5) is 27.4. The molecule has 0 heterocycles. The van der Waals surface area contributed by atoms with Gasteiger partial charge in [0.15, 0.2) is 0 Å². The number of alkyl halides is 1. The van der Waals surface area contributed by atoms with Crippen LogP contribution in [0.2, 0.25) is 0 Å². The zero-order valence-corrected chi connectivity index (χ0v) is 20.4. The van der Waals surface area contributed by atoms with Crippen LogP contribution < -0.4 is 4.74 Å². The third kappa shape index (κ3) is 8.54. The molecule has 1 amide bonds. The zero-order valence-electron chi connectivity index (χ0n) is 18.8. The van der Waals surface area contributed by atoms with Crippen LogP contribution in [0.15, 0.2) is 54.6 Å². The van der Waals surface area contributed by atoms with Gasteiger partial charge in [0.1, 0.15) is 18.4 Å². The Labute approximate surface area is 199 Å². The SMILES string of the molecule is CCOC(=O)[C@H](Cc1ccc(OCC)cc1)N(CCCCBr)C(=O)OCc1ccccc1. The number of amides is 1. The standard InChI is InChI=1S/C25H32BrNO5/c1-3-30-22-14-12-20(13-15-22)18-23(24(28)31-4-2)27(17-9-8-16-26)25(29)32-19-21-10-6-5-7-11-21/h5-7,10-15,23H,3-4,8-9,16-19H2,1-2H3/t23-/m0/s1. The highest BCUT2D eigenvalue weighted by molar-refractivity contribution is 9.09. The number of ether oxygens (including phenoxy) is 3. The summed E-state index contributed by atoms with van der Waals surface area (Å²) in [5.74, 6) is 0.331. The van der Waals surface area contributed by atoms with Crippen LogP contribution >= 0.6 is 15.9 Å². The van der Waals surface area contributed by atoms with Gasteiger partial charge in [-0.3, -0.25) is 4.90 Å². The van der Waals surface area contributed by atoms with Crippen LogP contribution in [0.5, 0.6) is 5.75 Å². The topological polar surface area (TPSA) is 65.1 Å². The van der Waals surface area contributed by atoms with Crippen molar-refractivity contribution in [1.82, 2.24) is 4.90 Å². The van der Waals surface area contributed by atoms with Crippen molar-refractivity contribution in [3.8, 4) is 5.75 Å². The van der Waals surface area contributed by atoms with Gasteiger partial charge in [0, 0.05) is 18.3 Å². The van der Waals surface area contributed by atoms with Crippen molar-refractivity contribution in [2.45, 2.75) is 45.8 Å². The van der Waals surface area contributed by atoms with Crippen LogP contribution in [-0.2, 0) is 27.3 Å². The minimum atomic E-state index is -0.772. The maximum Gasteiger partial charge on any atom is 0.410 e. The van der Waals surface area contributed by atoms with Gasteiger partial charge < -0.3 is 14.2 Å². The van der Waals surface area contributed by atoms with Crippen molar-refractivity contribution in [2.24, 2.45) is 0 Å². The van der Waals surface area contributed by atoms with Crippen molar-refractivity contribution in [3.05, 3.63) is 65.7 Å². The summed E-state index contributed by atoms with van der Waals surface area (Å²) < 4.78 is 16.4. The van der Waals surface area contributed by atoms with Crippen molar-refractivity contribution < 1.29 is 23.8 Å². The number of hydrogen-bond donors (Lipinski definition) is 0. The molecule has 0 radical (unpaired) electrons. The van der Waals surface area contributed by atoms with Gasteiger partial charge in [-0.05, 0) is 49.9 Å². The number of esters is 1. The highest BCUT2D eigenvalue weighted by Gasteiger charge is 2.32. The molecule has 32 heavy (non-hydrogen) atoms. The van der Waals surface area contributed by atoms with Crippen molar-refractivity contribution in [3.63, 3.8) is 0 Å². The highest BCUT2D eigenvalue weighted by atomic mass is 79.9. The third-order valence-electron chi connectivity index (χ3n) is 4.82. The molecule has 0 saturated heterocycles. The lowest BCUT2D eigenvalue weighted by molar-refractivity contribution is -0.149. The Hall–Kier alpha value is -2.54. The Morgan fingerprint density at radius 1 is 0.906 bits per heavy atom. The lowest BCUT2D eigenvalue weighted by Crippen LogP contribution is -2.48. The van der Waals surface area contributed by atoms with Crippen molar-refractivity contribution in [1.29, 1.82) is 0 Å². The molecule has 0 aliphatic rings. The predicted molar refractivity (Wildman–Crippen MR) is 128 cm³/mol. The highest BCUT2D eigenvalue weighted by Crippen LogP contribution is 2.18. The molecule has 7 heteroatoms. The largest absolute Gasteiger partial charge is 0.494 e. The molecule has 0 fully saturated rings. The summed E-state index contributed by atoms with van der Waals surface area (Å²) >= 11 is 3.42. The summed E-state index contributed by atoms with van der Waals surface area (Å²) in [6, 6.07) is 16.3.